The molecule has 2 aliphatic carbocycles. The first-order valence-corrected chi connectivity index (χ1v) is 10.5. The molecule has 0 heterocycles. The second-order valence-corrected chi connectivity index (χ2v) is 8.55. The quantitative estimate of drug-likeness (QED) is 0.352. The molecule has 0 amide bonds. The van der Waals surface area contributed by atoms with Gasteiger partial charge >= 0.3 is 136 Å². The van der Waals surface area contributed by atoms with E-state index in [1.54, 1.807) is 0 Å². The average Bonchev–Trinajstić information content (AvgIpc) is 2.55. The molecule has 1 heteroatoms. The Morgan fingerprint density at radius 3 is 2.52 bits per heavy atom. The van der Waals surface area contributed by atoms with Gasteiger partial charge in [-0.25, -0.2) is 0 Å². The van der Waals surface area contributed by atoms with Crippen LogP contribution in [-0.4, -0.2) is 15.0 Å². The monoisotopic (exact) mass is 346 g/mol. The average molecular weight is 345 g/mol. The van der Waals surface area contributed by atoms with Crippen molar-refractivity contribution in [2.24, 2.45) is 0 Å². The molecule has 0 saturated heterocycles. The van der Waals surface area contributed by atoms with E-state index in [0.29, 0.717) is 19.8 Å². The van der Waals surface area contributed by atoms with E-state index in [-0.39, 0.29) is 0 Å². The van der Waals surface area contributed by atoms with Gasteiger partial charge in [0.2, 0.25) is 0 Å². The van der Waals surface area contributed by atoms with Gasteiger partial charge in [-0.1, -0.05) is 0 Å². The van der Waals surface area contributed by atoms with Crippen molar-refractivity contribution >= 4 is 15.0 Å². The fourth-order valence-corrected chi connectivity index (χ4v) is 4.77. The molecule has 0 aromatic carbocycles. The van der Waals surface area contributed by atoms with E-state index < -0.39 is 0 Å². The van der Waals surface area contributed by atoms with Crippen LogP contribution in [0.5, 0.6) is 0 Å². The fraction of sp³-hybridized carbons (Fsp3) is 0.550. The van der Waals surface area contributed by atoms with Crippen molar-refractivity contribution in [2.45, 2.75) is 68.4 Å². The van der Waals surface area contributed by atoms with Crippen molar-refractivity contribution in [3.8, 4) is 11.8 Å². The molecule has 0 N–H and O–H groups in total. The van der Waals surface area contributed by atoms with E-state index in [2.05, 4.69) is 43.2 Å². The Kier molecular flexibility index (Phi) is 7.18. The van der Waals surface area contributed by atoms with Gasteiger partial charge in [0.15, 0.2) is 0 Å². The fourth-order valence-electron chi connectivity index (χ4n) is 2.93. The van der Waals surface area contributed by atoms with E-state index in [1.165, 1.54) is 73.4 Å². The molecule has 0 fully saturated rings. The summed E-state index contributed by atoms with van der Waals surface area (Å²) in [6, 6.07) is 0. The van der Waals surface area contributed by atoms with Crippen molar-refractivity contribution in [3.63, 3.8) is 0 Å². The summed E-state index contributed by atoms with van der Waals surface area (Å²) in [4.78, 5) is 0.382. The summed E-state index contributed by atoms with van der Waals surface area (Å²) in [7, 11) is 0. The maximum absolute atomic E-state index is 3.96. The van der Waals surface area contributed by atoms with Crippen LogP contribution in [0.3, 0.4) is 0 Å². The van der Waals surface area contributed by atoms with Crippen LogP contribution in [0, 0.1) is 11.8 Å². The van der Waals surface area contributed by atoms with Crippen LogP contribution < -0.4 is 0 Å². The summed E-state index contributed by atoms with van der Waals surface area (Å²) in [5.74, 6) is 7.04. The number of hydrogen-bond acceptors (Lipinski definition) is 0. The maximum atomic E-state index is 3.96. The first kappa shape index (κ1) is 16.4. The van der Waals surface area contributed by atoms with Gasteiger partial charge < -0.3 is 0 Å². The Bertz CT molecular complexity index is 518. The second kappa shape index (κ2) is 9.17. The first-order valence-electron chi connectivity index (χ1n) is 8.26. The summed E-state index contributed by atoms with van der Waals surface area (Å²) in [6.07, 6.45) is 14.8. The van der Waals surface area contributed by atoms with E-state index in [9.17, 15) is 0 Å². The normalized spacial score (nSPS) is 19.5. The van der Waals surface area contributed by atoms with Gasteiger partial charge in [-0.15, -0.1) is 0 Å². The molecular weight excluding hydrogens is 319 g/mol. The minimum atomic E-state index is 0.382. The number of rotatable bonds is 4. The summed E-state index contributed by atoms with van der Waals surface area (Å²) in [5.41, 5.74) is 7.38. The van der Waals surface area contributed by atoms with E-state index >= 15 is 0 Å². The summed E-state index contributed by atoms with van der Waals surface area (Å²) >= 11 is 0.528. The summed E-state index contributed by atoms with van der Waals surface area (Å²) in [6.45, 7) is 6.23. The van der Waals surface area contributed by atoms with Gasteiger partial charge in [-0.2, -0.15) is 0 Å². The molecule has 0 spiro atoms. The van der Waals surface area contributed by atoms with Crippen molar-refractivity contribution in [3.05, 3.63) is 41.2 Å². The standard InChI is InChI=1S/C20H26Se/c1-3-19(18-13-9-6-10-14-18)20(21-4-2)16-15-17-11-7-5-8-12-17/h11,13,20H,1,4-10,12,14H2,2H3. The molecule has 0 radical (unpaired) electrons. The number of hydrogen-bond donors (Lipinski definition) is 0. The third-order valence-electron chi connectivity index (χ3n) is 4.08. The molecule has 2 rings (SSSR count). The first-order chi connectivity index (χ1) is 10.3. The van der Waals surface area contributed by atoms with Crippen LogP contribution in [0.1, 0.15) is 58.3 Å². The molecule has 2 aliphatic rings. The predicted molar refractivity (Wildman–Crippen MR) is 93.5 cm³/mol. The Balaban J connectivity index is 2.17. The zero-order valence-corrected chi connectivity index (χ0v) is 14.9. The summed E-state index contributed by atoms with van der Waals surface area (Å²) in [5, 5.41) is 1.23. The summed E-state index contributed by atoms with van der Waals surface area (Å²) < 4.78 is 0. The zero-order valence-electron chi connectivity index (χ0n) is 13.2. The molecule has 1 atom stereocenters. The molecule has 0 bridgehead atoms. The van der Waals surface area contributed by atoms with Crippen molar-refractivity contribution in [1.29, 1.82) is 0 Å². The van der Waals surface area contributed by atoms with Gasteiger partial charge in [0.1, 0.15) is 0 Å². The molecule has 21 heavy (non-hydrogen) atoms. The van der Waals surface area contributed by atoms with E-state index in [0.717, 1.165) is 0 Å². The van der Waals surface area contributed by atoms with Crippen LogP contribution in [0.25, 0.3) is 0 Å². The van der Waals surface area contributed by atoms with Gasteiger partial charge in [0, 0.05) is 0 Å². The Labute approximate surface area is 136 Å². The van der Waals surface area contributed by atoms with Crippen molar-refractivity contribution < 1.29 is 0 Å². The van der Waals surface area contributed by atoms with Crippen molar-refractivity contribution in [1.82, 2.24) is 0 Å². The predicted octanol–water partition coefficient (Wildman–Crippen LogP) is 5.63. The van der Waals surface area contributed by atoms with E-state index in [1.807, 2.05) is 0 Å². The molecule has 0 saturated carbocycles. The van der Waals surface area contributed by atoms with E-state index in [4.69, 9.17) is 0 Å². The van der Waals surface area contributed by atoms with Gasteiger partial charge in [-0.05, 0) is 0 Å². The Morgan fingerprint density at radius 1 is 1.19 bits per heavy atom. The number of allylic oxidation sites excluding steroid dienone is 5. The SMILES string of the molecule is C=C=C(C1=CCCCC1)C(C#CC1=CCCCC1)[Se]CC. The molecule has 0 aromatic heterocycles. The van der Waals surface area contributed by atoms with Crippen LogP contribution >= 0.6 is 0 Å². The molecular formula is C20H26Se. The molecule has 0 nitrogen and oxygen atoms in total. The molecule has 0 aromatic rings. The zero-order chi connectivity index (χ0) is 14.9. The van der Waals surface area contributed by atoms with Crippen LogP contribution in [0.2, 0.25) is 10.1 Å². The Hall–Kier alpha value is -0.921. The third kappa shape index (κ3) is 5.09. The minimum absolute atomic E-state index is 0.382. The molecule has 0 aliphatic heterocycles. The van der Waals surface area contributed by atoms with Gasteiger partial charge in [-0.3, -0.25) is 0 Å². The third-order valence-corrected chi connectivity index (χ3v) is 6.22. The van der Waals surface area contributed by atoms with Gasteiger partial charge in [0.25, 0.3) is 0 Å². The van der Waals surface area contributed by atoms with Crippen LogP contribution in [0.4, 0.5) is 0 Å². The molecule has 112 valence electrons. The topological polar surface area (TPSA) is 0 Å². The molecule has 1 unspecified atom stereocenters. The van der Waals surface area contributed by atoms with Crippen LogP contribution in [-0.2, 0) is 0 Å². The second-order valence-electron chi connectivity index (χ2n) is 5.65. The van der Waals surface area contributed by atoms with Gasteiger partial charge in [0.05, 0.1) is 0 Å². The van der Waals surface area contributed by atoms with Crippen molar-refractivity contribution in [2.75, 3.05) is 0 Å². The Morgan fingerprint density at radius 2 is 1.95 bits per heavy atom. The van der Waals surface area contributed by atoms with Crippen LogP contribution in [0.15, 0.2) is 41.2 Å².